The smallest absolute Gasteiger partial charge is 0.335 e. The Balaban J connectivity index is 1.52. The summed E-state index contributed by atoms with van der Waals surface area (Å²) in [7, 11) is 0. The number of hydrogen-bond acceptors (Lipinski definition) is 2. The Morgan fingerprint density at radius 2 is 1.74 bits per heavy atom. The molecule has 0 bridgehead atoms. The monoisotopic (exact) mass is 365 g/mol. The molecule has 0 aliphatic carbocycles. The van der Waals surface area contributed by atoms with Gasteiger partial charge in [-0.2, -0.15) is 0 Å². The summed E-state index contributed by atoms with van der Waals surface area (Å²) in [4.78, 5) is 25.9. The molecule has 1 N–H and O–H groups in total. The van der Waals surface area contributed by atoms with Gasteiger partial charge in [0.2, 0.25) is 5.91 Å². The highest BCUT2D eigenvalue weighted by atomic mass is 16.4. The highest BCUT2D eigenvalue weighted by Crippen LogP contribution is 2.35. The molecular formula is C23H27NO3. The molecule has 3 rings (SSSR count). The van der Waals surface area contributed by atoms with Gasteiger partial charge in [-0.1, -0.05) is 55.5 Å². The summed E-state index contributed by atoms with van der Waals surface area (Å²) in [5.41, 5.74) is 2.52. The maximum atomic E-state index is 12.6. The highest BCUT2D eigenvalue weighted by Gasteiger charge is 2.35. The van der Waals surface area contributed by atoms with Crippen LogP contribution in [-0.4, -0.2) is 35.0 Å². The van der Waals surface area contributed by atoms with Crippen molar-refractivity contribution >= 4 is 11.9 Å². The second kappa shape index (κ2) is 8.38. The molecule has 1 fully saturated rings. The molecule has 4 nitrogen and oxygen atoms in total. The second-order valence-corrected chi connectivity index (χ2v) is 7.82. The zero-order valence-electron chi connectivity index (χ0n) is 15.9. The van der Waals surface area contributed by atoms with Crippen molar-refractivity contribution in [3.63, 3.8) is 0 Å². The molecule has 2 aromatic rings. The number of likely N-dealkylation sites (tertiary alicyclic amines) is 1. The van der Waals surface area contributed by atoms with Gasteiger partial charge in [0.25, 0.3) is 0 Å². The molecule has 0 aromatic heterocycles. The van der Waals surface area contributed by atoms with Gasteiger partial charge in [-0.05, 0) is 48.3 Å². The predicted octanol–water partition coefficient (Wildman–Crippen LogP) is 4.19. The number of carboxylic acid groups (broad SMARTS) is 1. The summed E-state index contributed by atoms with van der Waals surface area (Å²) < 4.78 is 0. The Morgan fingerprint density at radius 1 is 1.04 bits per heavy atom. The van der Waals surface area contributed by atoms with Crippen LogP contribution in [0.4, 0.5) is 0 Å². The first-order valence-electron chi connectivity index (χ1n) is 9.60. The lowest BCUT2D eigenvalue weighted by Gasteiger charge is -2.25. The molecule has 1 aliphatic heterocycles. The summed E-state index contributed by atoms with van der Waals surface area (Å²) in [5, 5.41) is 9.27. The van der Waals surface area contributed by atoms with Crippen molar-refractivity contribution in [1.82, 2.24) is 4.90 Å². The van der Waals surface area contributed by atoms with Gasteiger partial charge in [0, 0.05) is 19.5 Å². The number of carboxylic acids is 1. The second-order valence-electron chi connectivity index (χ2n) is 7.82. The summed E-state index contributed by atoms with van der Waals surface area (Å²) in [5.74, 6) is -0.814. The van der Waals surface area contributed by atoms with Crippen LogP contribution in [0.25, 0.3) is 0 Å². The zero-order chi connectivity index (χ0) is 19.3. The maximum absolute atomic E-state index is 12.6. The van der Waals surface area contributed by atoms with E-state index >= 15 is 0 Å². The van der Waals surface area contributed by atoms with Gasteiger partial charge in [-0.3, -0.25) is 4.79 Å². The number of hydrogen-bond donors (Lipinski definition) is 1. The van der Waals surface area contributed by atoms with E-state index in [0.29, 0.717) is 18.4 Å². The lowest BCUT2D eigenvalue weighted by molar-refractivity contribution is -0.130. The van der Waals surface area contributed by atoms with Crippen molar-refractivity contribution in [2.75, 3.05) is 13.1 Å². The van der Waals surface area contributed by atoms with E-state index in [0.717, 1.165) is 37.9 Å². The first-order valence-corrected chi connectivity index (χ1v) is 9.60. The lowest BCUT2D eigenvalue weighted by Crippen LogP contribution is -2.31. The van der Waals surface area contributed by atoms with Gasteiger partial charge in [0.05, 0.1) is 5.56 Å². The molecule has 0 saturated carbocycles. The van der Waals surface area contributed by atoms with E-state index in [1.165, 1.54) is 5.56 Å². The molecule has 1 aliphatic rings. The number of aryl methyl sites for hydroxylation is 2. The van der Waals surface area contributed by atoms with Crippen LogP contribution in [0.1, 0.15) is 47.7 Å². The van der Waals surface area contributed by atoms with Crippen molar-refractivity contribution < 1.29 is 14.7 Å². The quantitative estimate of drug-likeness (QED) is 0.800. The van der Waals surface area contributed by atoms with Crippen LogP contribution in [0.3, 0.4) is 0 Å². The van der Waals surface area contributed by atoms with Crippen LogP contribution >= 0.6 is 0 Å². The minimum atomic E-state index is -0.937. The van der Waals surface area contributed by atoms with E-state index in [9.17, 15) is 14.7 Å². The van der Waals surface area contributed by atoms with Gasteiger partial charge < -0.3 is 10.0 Å². The fourth-order valence-corrected chi connectivity index (χ4v) is 3.88. The largest absolute Gasteiger partial charge is 0.478 e. The highest BCUT2D eigenvalue weighted by molar-refractivity contribution is 5.89. The molecule has 1 heterocycles. The molecule has 1 atom stereocenters. The fraction of sp³-hybridized carbons (Fsp3) is 0.391. The SMILES string of the molecule is CC1(CCc2ccccc2)CCN(C(=O)CCc2ccccc2C(=O)O)C1. The Bertz CT molecular complexity index is 802. The average Bonchev–Trinajstić information content (AvgIpc) is 3.08. The Kier molecular flexibility index (Phi) is 5.94. The van der Waals surface area contributed by atoms with Gasteiger partial charge in [-0.15, -0.1) is 0 Å². The molecule has 142 valence electrons. The zero-order valence-corrected chi connectivity index (χ0v) is 15.9. The third kappa shape index (κ3) is 4.97. The predicted molar refractivity (Wildman–Crippen MR) is 106 cm³/mol. The summed E-state index contributed by atoms with van der Waals surface area (Å²) in [6, 6.07) is 17.4. The minimum Gasteiger partial charge on any atom is -0.478 e. The third-order valence-corrected chi connectivity index (χ3v) is 5.63. The van der Waals surface area contributed by atoms with E-state index in [2.05, 4.69) is 31.2 Å². The van der Waals surface area contributed by atoms with E-state index in [1.54, 1.807) is 18.2 Å². The summed E-state index contributed by atoms with van der Waals surface area (Å²) in [6.07, 6.45) is 3.96. The lowest BCUT2D eigenvalue weighted by atomic mass is 9.83. The van der Waals surface area contributed by atoms with Crippen LogP contribution in [-0.2, 0) is 17.6 Å². The molecular weight excluding hydrogens is 338 g/mol. The Morgan fingerprint density at radius 3 is 2.48 bits per heavy atom. The molecule has 0 radical (unpaired) electrons. The topological polar surface area (TPSA) is 57.6 Å². The van der Waals surface area contributed by atoms with Crippen molar-refractivity contribution in [3.8, 4) is 0 Å². The first-order chi connectivity index (χ1) is 13.0. The van der Waals surface area contributed by atoms with Crippen molar-refractivity contribution in [1.29, 1.82) is 0 Å². The number of aromatic carboxylic acids is 1. The molecule has 1 amide bonds. The van der Waals surface area contributed by atoms with E-state index in [4.69, 9.17) is 0 Å². The number of benzene rings is 2. The minimum absolute atomic E-state index is 0.124. The molecule has 4 heteroatoms. The number of nitrogens with zero attached hydrogens (tertiary/aromatic N) is 1. The van der Waals surface area contributed by atoms with E-state index < -0.39 is 5.97 Å². The van der Waals surface area contributed by atoms with Crippen LogP contribution < -0.4 is 0 Å². The average molecular weight is 365 g/mol. The van der Waals surface area contributed by atoms with Gasteiger partial charge in [0.15, 0.2) is 0 Å². The summed E-state index contributed by atoms with van der Waals surface area (Å²) >= 11 is 0. The van der Waals surface area contributed by atoms with Crippen LogP contribution in [0.15, 0.2) is 54.6 Å². The normalized spacial score (nSPS) is 19.2. The number of carbonyl (C=O) groups is 2. The van der Waals surface area contributed by atoms with Crippen LogP contribution in [0.5, 0.6) is 0 Å². The summed E-state index contributed by atoms with van der Waals surface area (Å²) in [6.45, 7) is 3.85. The van der Waals surface area contributed by atoms with E-state index in [1.807, 2.05) is 17.0 Å². The molecule has 27 heavy (non-hydrogen) atoms. The van der Waals surface area contributed by atoms with E-state index in [-0.39, 0.29) is 11.3 Å². The molecule has 0 spiro atoms. The number of rotatable bonds is 7. The first kappa shape index (κ1) is 19.2. The molecule has 2 aromatic carbocycles. The van der Waals surface area contributed by atoms with Crippen molar-refractivity contribution in [3.05, 3.63) is 71.3 Å². The number of amides is 1. The Labute approximate surface area is 160 Å². The number of carbonyl (C=O) groups excluding carboxylic acids is 1. The third-order valence-electron chi connectivity index (χ3n) is 5.63. The van der Waals surface area contributed by atoms with Crippen LogP contribution in [0.2, 0.25) is 0 Å². The fourth-order valence-electron chi connectivity index (χ4n) is 3.88. The van der Waals surface area contributed by atoms with Gasteiger partial charge >= 0.3 is 5.97 Å². The van der Waals surface area contributed by atoms with Gasteiger partial charge in [0.1, 0.15) is 0 Å². The van der Waals surface area contributed by atoms with Crippen molar-refractivity contribution in [2.45, 2.75) is 39.0 Å². The standard InChI is InChI=1S/C23H27NO3/c1-23(14-13-18-7-3-2-4-8-18)15-16-24(17-23)21(25)12-11-19-9-5-6-10-20(19)22(26)27/h2-10H,11-17H2,1H3,(H,26,27). The Hall–Kier alpha value is -2.62. The molecule has 1 unspecified atom stereocenters. The molecule has 1 saturated heterocycles. The maximum Gasteiger partial charge on any atom is 0.335 e. The van der Waals surface area contributed by atoms with Crippen molar-refractivity contribution in [2.24, 2.45) is 5.41 Å². The van der Waals surface area contributed by atoms with Crippen LogP contribution in [0, 0.1) is 5.41 Å². The van der Waals surface area contributed by atoms with Gasteiger partial charge in [-0.25, -0.2) is 4.79 Å².